The van der Waals surface area contributed by atoms with Crippen LogP contribution in [-0.2, 0) is 28.9 Å². The zero-order valence-electron chi connectivity index (χ0n) is 16.4. The van der Waals surface area contributed by atoms with Crippen LogP contribution in [0.1, 0.15) is 54.8 Å². The highest BCUT2D eigenvalue weighted by atomic mass is 32.1. The van der Waals surface area contributed by atoms with E-state index >= 15 is 0 Å². The van der Waals surface area contributed by atoms with E-state index in [1.807, 2.05) is 0 Å². The molecular formula is C21H26N4O2S. The van der Waals surface area contributed by atoms with Crippen LogP contribution in [-0.4, -0.2) is 52.7 Å². The second-order valence-electron chi connectivity index (χ2n) is 8.29. The third-order valence-electron chi connectivity index (χ3n) is 6.25. The predicted molar refractivity (Wildman–Crippen MR) is 110 cm³/mol. The summed E-state index contributed by atoms with van der Waals surface area (Å²) in [6.07, 6.45) is 8.33. The first-order valence-corrected chi connectivity index (χ1v) is 11.3. The third kappa shape index (κ3) is 3.30. The zero-order valence-corrected chi connectivity index (χ0v) is 17.2. The monoisotopic (exact) mass is 398 g/mol. The first kappa shape index (κ1) is 18.0. The molecule has 2 aliphatic carbocycles. The summed E-state index contributed by atoms with van der Waals surface area (Å²) in [6.45, 7) is 1.06. The molecule has 2 fully saturated rings. The Labute approximate surface area is 168 Å². The molecule has 1 aliphatic heterocycles. The van der Waals surface area contributed by atoms with Crippen molar-refractivity contribution < 1.29 is 9.59 Å². The van der Waals surface area contributed by atoms with Crippen LogP contribution in [0, 0.1) is 0 Å². The Morgan fingerprint density at radius 1 is 1.14 bits per heavy atom. The van der Waals surface area contributed by atoms with E-state index < -0.39 is 0 Å². The van der Waals surface area contributed by atoms with Crippen LogP contribution in [0.25, 0.3) is 10.2 Å². The molecule has 1 saturated carbocycles. The minimum Gasteiger partial charge on any atom is -0.356 e. The molecule has 0 radical (unpaired) electrons. The quantitative estimate of drug-likeness (QED) is 0.792. The molecule has 0 unspecified atom stereocenters. The molecule has 7 heteroatoms. The number of carbonyl (C=O) groups excluding carboxylic acids is 2. The number of aryl methyl sites for hydroxylation is 2. The number of carbonyl (C=O) groups is 2. The molecule has 3 heterocycles. The summed E-state index contributed by atoms with van der Waals surface area (Å²) < 4.78 is 0. The predicted octanol–water partition coefficient (Wildman–Crippen LogP) is 2.90. The Bertz CT molecular complexity index is 940. The fourth-order valence-corrected chi connectivity index (χ4v) is 5.68. The number of Topliss-reactive ketones (excluding diaryl/α,β-unsaturated/α-hetero) is 1. The van der Waals surface area contributed by atoms with E-state index in [0.29, 0.717) is 37.8 Å². The lowest BCUT2D eigenvalue weighted by Crippen LogP contribution is -2.39. The van der Waals surface area contributed by atoms with Gasteiger partial charge in [0.05, 0.1) is 11.8 Å². The van der Waals surface area contributed by atoms with Crippen molar-refractivity contribution in [3.63, 3.8) is 0 Å². The van der Waals surface area contributed by atoms with Gasteiger partial charge in [-0.3, -0.25) is 9.59 Å². The highest BCUT2D eigenvalue weighted by molar-refractivity contribution is 7.19. The largest absolute Gasteiger partial charge is 0.356 e. The van der Waals surface area contributed by atoms with E-state index in [2.05, 4.69) is 11.9 Å². The van der Waals surface area contributed by atoms with Gasteiger partial charge in [-0.1, -0.05) is 0 Å². The summed E-state index contributed by atoms with van der Waals surface area (Å²) >= 11 is 1.79. The number of fused-ring (bicyclic) bond motifs is 3. The minimum atomic E-state index is 0.0354. The van der Waals surface area contributed by atoms with Gasteiger partial charge in [0.2, 0.25) is 5.91 Å². The van der Waals surface area contributed by atoms with Crippen LogP contribution in [0.15, 0.2) is 0 Å². The van der Waals surface area contributed by atoms with E-state index in [1.54, 1.807) is 16.2 Å². The Morgan fingerprint density at radius 2 is 1.89 bits per heavy atom. The summed E-state index contributed by atoms with van der Waals surface area (Å²) in [7, 11) is 2.13. The van der Waals surface area contributed by atoms with Crippen molar-refractivity contribution >= 4 is 39.1 Å². The van der Waals surface area contributed by atoms with Gasteiger partial charge in [0.15, 0.2) is 0 Å². The fourth-order valence-electron chi connectivity index (χ4n) is 4.40. The van der Waals surface area contributed by atoms with Crippen LogP contribution in [0.5, 0.6) is 0 Å². The molecule has 6 nitrogen and oxygen atoms in total. The Hall–Kier alpha value is -2.02. The maximum atomic E-state index is 12.8. The Kier molecular flexibility index (Phi) is 4.57. The van der Waals surface area contributed by atoms with Gasteiger partial charge < -0.3 is 9.80 Å². The highest BCUT2D eigenvalue weighted by Crippen LogP contribution is 2.41. The summed E-state index contributed by atoms with van der Waals surface area (Å²) in [5.74, 6) is 1.92. The van der Waals surface area contributed by atoms with Crippen molar-refractivity contribution in [2.24, 2.45) is 0 Å². The van der Waals surface area contributed by atoms with Gasteiger partial charge in [-0.05, 0) is 44.1 Å². The number of nitrogens with zero attached hydrogens (tertiary/aromatic N) is 4. The van der Waals surface area contributed by atoms with E-state index in [1.165, 1.54) is 41.5 Å². The number of piperidine rings is 1. The number of hydrogen-bond acceptors (Lipinski definition) is 6. The fraction of sp³-hybridized carbons (Fsp3) is 0.619. The van der Waals surface area contributed by atoms with E-state index in [-0.39, 0.29) is 18.1 Å². The molecule has 0 atom stereocenters. The van der Waals surface area contributed by atoms with Crippen molar-refractivity contribution in [2.75, 3.05) is 25.0 Å². The maximum Gasteiger partial charge on any atom is 0.230 e. The van der Waals surface area contributed by atoms with E-state index in [0.717, 1.165) is 23.5 Å². The molecule has 28 heavy (non-hydrogen) atoms. The average molecular weight is 399 g/mol. The van der Waals surface area contributed by atoms with Gasteiger partial charge in [0.1, 0.15) is 22.3 Å². The van der Waals surface area contributed by atoms with Crippen molar-refractivity contribution in [3.8, 4) is 0 Å². The molecule has 0 bridgehead atoms. The normalized spacial score (nSPS) is 19.8. The van der Waals surface area contributed by atoms with Crippen LogP contribution in [0.2, 0.25) is 0 Å². The number of rotatable bonds is 4. The lowest BCUT2D eigenvalue weighted by molar-refractivity contribution is -0.134. The van der Waals surface area contributed by atoms with Crippen molar-refractivity contribution in [1.82, 2.24) is 14.9 Å². The lowest BCUT2D eigenvalue weighted by atomic mass is 9.97. The molecule has 2 aromatic heterocycles. The molecule has 1 saturated heterocycles. The van der Waals surface area contributed by atoms with Crippen LogP contribution < -0.4 is 4.90 Å². The van der Waals surface area contributed by atoms with Crippen LogP contribution in [0.4, 0.5) is 5.82 Å². The number of thiophene rings is 1. The van der Waals surface area contributed by atoms with Gasteiger partial charge in [0.25, 0.3) is 0 Å². The standard InChI is InChI=1S/C21H26N4O2S/c1-24(13-6-7-13)20-19-15-4-2-3-5-16(15)28-21(19)23-17(22-20)12-18(27)25-10-8-14(26)9-11-25/h13H,2-12H2,1H3. The second kappa shape index (κ2) is 7.10. The molecule has 2 aromatic rings. The van der Waals surface area contributed by atoms with Crippen LogP contribution in [0.3, 0.4) is 0 Å². The molecule has 3 aliphatic rings. The Balaban J connectivity index is 1.49. The zero-order chi connectivity index (χ0) is 19.3. The molecule has 148 valence electrons. The van der Waals surface area contributed by atoms with E-state index in [4.69, 9.17) is 9.97 Å². The number of ketones is 1. The van der Waals surface area contributed by atoms with Crippen LogP contribution >= 0.6 is 11.3 Å². The maximum absolute atomic E-state index is 12.8. The minimum absolute atomic E-state index is 0.0354. The summed E-state index contributed by atoms with van der Waals surface area (Å²) in [4.78, 5) is 40.5. The molecule has 0 N–H and O–H groups in total. The summed E-state index contributed by atoms with van der Waals surface area (Å²) in [5.41, 5.74) is 1.45. The van der Waals surface area contributed by atoms with Crippen molar-refractivity contribution in [3.05, 3.63) is 16.3 Å². The number of aromatic nitrogens is 2. The molecule has 1 amide bonds. The molecule has 0 spiro atoms. The number of likely N-dealkylation sites (tertiary alicyclic amines) is 1. The summed E-state index contributed by atoms with van der Waals surface area (Å²) in [5, 5.41) is 1.23. The first-order valence-electron chi connectivity index (χ1n) is 10.4. The molecule has 5 rings (SSSR count). The van der Waals surface area contributed by atoms with Crippen molar-refractivity contribution in [2.45, 2.75) is 63.8 Å². The first-order chi connectivity index (χ1) is 13.6. The smallest absolute Gasteiger partial charge is 0.230 e. The summed E-state index contributed by atoms with van der Waals surface area (Å²) in [6, 6.07) is 0.564. The topological polar surface area (TPSA) is 66.4 Å². The van der Waals surface area contributed by atoms with Gasteiger partial charge in [0, 0.05) is 43.9 Å². The SMILES string of the molecule is CN(c1nc(CC(=O)N2CCC(=O)CC2)nc2sc3c(c12)CCCC3)C1CC1. The Morgan fingerprint density at radius 3 is 2.64 bits per heavy atom. The van der Waals surface area contributed by atoms with Gasteiger partial charge in [-0.2, -0.15) is 0 Å². The lowest BCUT2D eigenvalue weighted by Gasteiger charge is -2.26. The molecular weight excluding hydrogens is 372 g/mol. The highest BCUT2D eigenvalue weighted by Gasteiger charge is 2.31. The van der Waals surface area contributed by atoms with Gasteiger partial charge in [-0.15, -0.1) is 11.3 Å². The molecule has 0 aromatic carbocycles. The number of amides is 1. The van der Waals surface area contributed by atoms with E-state index in [9.17, 15) is 9.59 Å². The third-order valence-corrected chi connectivity index (χ3v) is 7.44. The average Bonchev–Trinajstić information content (AvgIpc) is 3.48. The van der Waals surface area contributed by atoms with Crippen molar-refractivity contribution in [1.29, 1.82) is 0 Å². The number of anilines is 1. The second-order valence-corrected chi connectivity index (χ2v) is 9.38. The van der Waals surface area contributed by atoms with Gasteiger partial charge >= 0.3 is 0 Å². The number of hydrogen-bond donors (Lipinski definition) is 0. The van der Waals surface area contributed by atoms with Gasteiger partial charge in [-0.25, -0.2) is 9.97 Å².